The molecule has 0 aliphatic heterocycles. The van der Waals surface area contributed by atoms with Crippen LogP contribution in [0.15, 0.2) is 36.4 Å². The van der Waals surface area contributed by atoms with Gasteiger partial charge in [0.1, 0.15) is 5.75 Å². The van der Waals surface area contributed by atoms with Crippen LogP contribution in [0.4, 0.5) is 11.4 Å². The van der Waals surface area contributed by atoms with Gasteiger partial charge in [0.05, 0.1) is 21.5 Å². The summed E-state index contributed by atoms with van der Waals surface area (Å²) in [5.74, 6) is -1.10. The van der Waals surface area contributed by atoms with Gasteiger partial charge in [-0.25, -0.2) is 0 Å². The highest BCUT2D eigenvalue weighted by atomic mass is 16.6. The molecule has 0 heterocycles. The zero-order valence-electron chi connectivity index (χ0n) is 14.9. The summed E-state index contributed by atoms with van der Waals surface area (Å²) in [5, 5.41) is 21.7. The Kier molecular flexibility index (Phi) is 6.22. The van der Waals surface area contributed by atoms with Crippen molar-refractivity contribution in [1.82, 2.24) is 10.9 Å². The first-order valence-electron chi connectivity index (χ1n) is 7.91. The molecule has 11 heteroatoms. The molecule has 146 valence electrons. The van der Waals surface area contributed by atoms with Gasteiger partial charge in [0.25, 0.3) is 23.2 Å². The molecule has 0 aliphatic rings. The van der Waals surface area contributed by atoms with Gasteiger partial charge in [0, 0.05) is 12.1 Å². The van der Waals surface area contributed by atoms with E-state index in [1.165, 1.54) is 0 Å². The molecular formula is C17H16N4O7. The van der Waals surface area contributed by atoms with Gasteiger partial charge in [-0.1, -0.05) is 18.2 Å². The Morgan fingerprint density at radius 3 is 2.00 bits per heavy atom. The lowest BCUT2D eigenvalue weighted by Crippen LogP contribution is -2.43. The van der Waals surface area contributed by atoms with Gasteiger partial charge < -0.3 is 4.74 Å². The number of carbonyl (C=O) groups is 2. The van der Waals surface area contributed by atoms with Crippen LogP contribution in [-0.2, 0) is 4.79 Å². The fourth-order valence-electron chi connectivity index (χ4n) is 2.34. The van der Waals surface area contributed by atoms with E-state index < -0.39 is 33.0 Å². The Hall–Kier alpha value is -4.02. The van der Waals surface area contributed by atoms with Gasteiger partial charge in [-0.2, -0.15) is 0 Å². The highest BCUT2D eigenvalue weighted by molar-refractivity contribution is 5.96. The molecule has 0 unspecified atom stereocenters. The average Bonchev–Trinajstić information content (AvgIpc) is 2.65. The molecule has 11 nitrogen and oxygen atoms in total. The number of nitro benzene ring substituents is 2. The number of amides is 2. The van der Waals surface area contributed by atoms with E-state index in [1.54, 1.807) is 0 Å². The highest BCUT2D eigenvalue weighted by Crippen LogP contribution is 2.23. The molecule has 2 amide bonds. The Morgan fingerprint density at radius 1 is 0.964 bits per heavy atom. The lowest BCUT2D eigenvalue weighted by molar-refractivity contribution is -0.394. The number of benzene rings is 2. The largest absolute Gasteiger partial charge is 0.483 e. The van der Waals surface area contributed by atoms with Crippen molar-refractivity contribution in [2.45, 2.75) is 13.8 Å². The third-order valence-corrected chi connectivity index (χ3v) is 3.66. The Labute approximate surface area is 158 Å². The standard InChI is InChI=1S/C17H16N4O7/c1-10-4-3-5-11(2)16(10)28-9-15(22)18-19-17(23)12-6-13(20(24)25)8-14(7-12)21(26)27/h3-8H,9H2,1-2H3,(H,18,22)(H,19,23). The SMILES string of the molecule is Cc1cccc(C)c1OCC(=O)NNC(=O)c1cc([N+](=O)[O-])cc([N+](=O)[O-])c1. The number of para-hydroxylation sites is 1. The molecule has 0 aromatic heterocycles. The molecule has 0 aliphatic carbocycles. The zero-order valence-corrected chi connectivity index (χ0v) is 14.9. The molecule has 2 aromatic rings. The van der Waals surface area contributed by atoms with Gasteiger partial charge in [-0.15, -0.1) is 0 Å². The van der Waals surface area contributed by atoms with Crippen LogP contribution in [0.5, 0.6) is 5.75 Å². The molecule has 0 saturated carbocycles. The van der Waals surface area contributed by atoms with Crippen molar-refractivity contribution < 1.29 is 24.2 Å². The molecule has 0 radical (unpaired) electrons. The fourth-order valence-corrected chi connectivity index (χ4v) is 2.34. The van der Waals surface area contributed by atoms with Crippen LogP contribution >= 0.6 is 0 Å². The van der Waals surface area contributed by atoms with Crippen molar-refractivity contribution in [3.8, 4) is 5.75 Å². The van der Waals surface area contributed by atoms with Crippen LogP contribution in [0.3, 0.4) is 0 Å². The number of hydrogen-bond donors (Lipinski definition) is 2. The minimum Gasteiger partial charge on any atom is -0.483 e. The molecule has 2 rings (SSSR count). The predicted molar refractivity (Wildman–Crippen MR) is 96.8 cm³/mol. The smallest absolute Gasteiger partial charge is 0.277 e. The molecule has 0 spiro atoms. The number of nitro groups is 2. The van der Waals surface area contributed by atoms with Crippen molar-refractivity contribution in [1.29, 1.82) is 0 Å². The summed E-state index contributed by atoms with van der Waals surface area (Å²) in [6.07, 6.45) is 0. The topological polar surface area (TPSA) is 154 Å². The number of nitrogens with one attached hydrogen (secondary N) is 2. The summed E-state index contributed by atoms with van der Waals surface area (Å²) in [6, 6.07) is 7.93. The lowest BCUT2D eigenvalue weighted by Gasteiger charge is -2.12. The van der Waals surface area contributed by atoms with Crippen molar-refractivity contribution >= 4 is 23.2 Å². The number of aryl methyl sites for hydroxylation is 2. The van der Waals surface area contributed by atoms with Crippen molar-refractivity contribution in [3.63, 3.8) is 0 Å². The third-order valence-electron chi connectivity index (χ3n) is 3.66. The number of non-ortho nitro benzene ring substituents is 2. The molecular weight excluding hydrogens is 372 g/mol. The second kappa shape index (κ2) is 8.58. The summed E-state index contributed by atoms with van der Waals surface area (Å²) in [6.45, 7) is 3.25. The van der Waals surface area contributed by atoms with E-state index in [0.29, 0.717) is 5.75 Å². The van der Waals surface area contributed by atoms with Crippen molar-refractivity contribution in [2.75, 3.05) is 6.61 Å². The van der Waals surface area contributed by atoms with Gasteiger partial charge in [-0.3, -0.25) is 40.7 Å². The Bertz CT molecular complexity index is 906. The fraction of sp³-hybridized carbons (Fsp3) is 0.176. The van der Waals surface area contributed by atoms with E-state index in [0.717, 1.165) is 29.3 Å². The van der Waals surface area contributed by atoms with Gasteiger partial charge in [-0.05, 0) is 25.0 Å². The number of hydrazine groups is 1. The second-order valence-corrected chi connectivity index (χ2v) is 5.76. The van der Waals surface area contributed by atoms with E-state index in [-0.39, 0.29) is 12.2 Å². The van der Waals surface area contributed by atoms with Crippen LogP contribution in [0.2, 0.25) is 0 Å². The Morgan fingerprint density at radius 2 is 1.50 bits per heavy atom. The summed E-state index contributed by atoms with van der Waals surface area (Å²) >= 11 is 0. The molecule has 0 saturated heterocycles. The minimum atomic E-state index is -0.952. The summed E-state index contributed by atoms with van der Waals surface area (Å²) < 4.78 is 5.43. The van der Waals surface area contributed by atoms with Gasteiger partial charge >= 0.3 is 0 Å². The van der Waals surface area contributed by atoms with E-state index in [1.807, 2.05) is 37.5 Å². The summed E-state index contributed by atoms with van der Waals surface area (Å²) in [5.41, 5.74) is 4.19. The Balaban J connectivity index is 2.00. The molecule has 0 atom stereocenters. The first-order valence-corrected chi connectivity index (χ1v) is 7.91. The molecule has 0 bridgehead atoms. The second-order valence-electron chi connectivity index (χ2n) is 5.76. The lowest BCUT2D eigenvalue weighted by atomic mass is 10.1. The first-order chi connectivity index (χ1) is 13.2. The molecule has 0 fully saturated rings. The molecule has 28 heavy (non-hydrogen) atoms. The number of ether oxygens (including phenoxy) is 1. The highest BCUT2D eigenvalue weighted by Gasteiger charge is 2.20. The van der Waals surface area contributed by atoms with Crippen LogP contribution in [0.1, 0.15) is 21.5 Å². The van der Waals surface area contributed by atoms with Crippen LogP contribution < -0.4 is 15.6 Å². The molecule has 2 aromatic carbocycles. The van der Waals surface area contributed by atoms with Gasteiger partial charge in [0.15, 0.2) is 6.61 Å². The van der Waals surface area contributed by atoms with E-state index >= 15 is 0 Å². The minimum absolute atomic E-state index is 0.350. The zero-order chi connectivity index (χ0) is 20.8. The average molecular weight is 388 g/mol. The maximum atomic E-state index is 12.1. The van der Waals surface area contributed by atoms with E-state index in [4.69, 9.17) is 4.74 Å². The number of rotatable bonds is 6. The van der Waals surface area contributed by atoms with Crippen LogP contribution in [0, 0.1) is 34.1 Å². The van der Waals surface area contributed by atoms with Crippen LogP contribution in [-0.4, -0.2) is 28.3 Å². The maximum absolute atomic E-state index is 12.1. The molecule has 2 N–H and O–H groups in total. The summed E-state index contributed by atoms with van der Waals surface area (Å²) in [7, 11) is 0. The van der Waals surface area contributed by atoms with E-state index in [2.05, 4.69) is 5.43 Å². The first kappa shape index (κ1) is 20.3. The van der Waals surface area contributed by atoms with Crippen molar-refractivity contribution in [2.24, 2.45) is 0 Å². The maximum Gasteiger partial charge on any atom is 0.277 e. The third kappa shape index (κ3) is 5.00. The monoisotopic (exact) mass is 388 g/mol. The number of hydrogen-bond acceptors (Lipinski definition) is 7. The van der Waals surface area contributed by atoms with E-state index in [9.17, 15) is 29.8 Å². The quantitative estimate of drug-likeness (QED) is 0.566. The normalized spacial score (nSPS) is 10.1. The van der Waals surface area contributed by atoms with Gasteiger partial charge in [0.2, 0.25) is 0 Å². The summed E-state index contributed by atoms with van der Waals surface area (Å²) in [4.78, 5) is 43.9. The number of carbonyl (C=O) groups excluding carboxylic acids is 2. The predicted octanol–water partition coefficient (Wildman–Crippen LogP) is 1.96. The van der Waals surface area contributed by atoms with Crippen molar-refractivity contribution in [3.05, 3.63) is 73.3 Å². The van der Waals surface area contributed by atoms with Crippen LogP contribution in [0.25, 0.3) is 0 Å². The number of nitrogens with zero attached hydrogens (tertiary/aromatic N) is 2.